The number of nitrogens with two attached hydrogens (primary N) is 1. The molecule has 0 radical (unpaired) electrons. The molecule has 1 fully saturated rings. The maximum absolute atomic E-state index is 12.6. The van der Waals surface area contributed by atoms with Crippen molar-refractivity contribution < 1.29 is 4.79 Å². The van der Waals surface area contributed by atoms with Gasteiger partial charge < -0.3 is 10.6 Å². The second-order valence-corrected chi connectivity index (χ2v) is 5.92. The summed E-state index contributed by atoms with van der Waals surface area (Å²) in [6.07, 6.45) is 3.73. The number of anilines is 1. The molecule has 1 aliphatic heterocycles. The van der Waals surface area contributed by atoms with Crippen LogP contribution >= 0.6 is 0 Å². The van der Waals surface area contributed by atoms with Crippen molar-refractivity contribution in [3.05, 3.63) is 59.3 Å². The van der Waals surface area contributed by atoms with E-state index in [-0.39, 0.29) is 5.91 Å². The highest BCUT2D eigenvalue weighted by atomic mass is 16.2. The van der Waals surface area contributed by atoms with Crippen LogP contribution in [-0.4, -0.2) is 28.9 Å². The van der Waals surface area contributed by atoms with E-state index < -0.39 is 0 Å². The number of aromatic nitrogens is 1. The Balaban J connectivity index is 1.77. The number of benzene rings is 1. The fourth-order valence-corrected chi connectivity index (χ4v) is 3.17. The van der Waals surface area contributed by atoms with Crippen molar-refractivity contribution in [3.63, 3.8) is 0 Å². The number of rotatable bonds is 2. The van der Waals surface area contributed by atoms with E-state index in [9.17, 15) is 4.79 Å². The first kappa shape index (κ1) is 14.6. The van der Waals surface area contributed by atoms with Crippen LogP contribution in [0, 0.1) is 6.92 Å². The summed E-state index contributed by atoms with van der Waals surface area (Å²) in [5.74, 6) is 0.902. The Morgan fingerprint density at radius 3 is 2.82 bits per heavy atom. The lowest BCUT2D eigenvalue weighted by Crippen LogP contribution is -2.39. The Hall–Kier alpha value is -2.36. The summed E-state index contributed by atoms with van der Waals surface area (Å²) in [5, 5.41) is 0. The molecule has 0 spiro atoms. The molecule has 22 heavy (non-hydrogen) atoms. The van der Waals surface area contributed by atoms with Crippen molar-refractivity contribution >= 4 is 11.7 Å². The minimum Gasteiger partial charge on any atom is -0.384 e. The first-order valence-electron chi connectivity index (χ1n) is 7.71. The second-order valence-electron chi connectivity index (χ2n) is 5.92. The number of carbonyl (C=O) groups excluding carboxylic acids is 1. The average Bonchev–Trinajstić information content (AvgIpc) is 2.55. The molecule has 1 aliphatic rings. The predicted molar refractivity (Wildman–Crippen MR) is 87.7 cm³/mol. The number of pyridine rings is 1. The predicted octanol–water partition coefficient (Wildman–Crippen LogP) is 2.99. The molecular weight excluding hydrogens is 274 g/mol. The number of hydrogen-bond donors (Lipinski definition) is 1. The van der Waals surface area contributed by atoms with Crippen molar-refractivity contribution in [3.8, 4) is 0 Å². The van der Waals surface area contributed by atoms with E-state index in [4.69, 9.17) is 5.73 Å². The van der Waals surface area contributed by atoms with E-state index in [2.05, 4.69) is 36.2 Å². The van der Waals surface area contributed by atoms with Gasteiger partial charge >= 0.3 is 0 Å². The normalized spacial score (nSPS) is 18.2. The van der Waals surface area contributed by atoms with Crippen LogP contribution in [0.2, 0.25) is 0 Å². The zero-order valence-electron chi connectivity index (χ0n) is 12.8. The smallest absolute Gasteiger partial charge is 0.255 e. The standard InChI is InChI=1S/C18H21N3O/c1-13-5-2-3-7-16(13)15-6-4-10-21(12-15)18(22)14-8-9-17(19)20-11-14/h2-3,5,7-9,11,15H,4,6,10,12H2,1H3,(H2,19,20). The van der Waals surface area contributed by atoms with Gasteiger partial charge in [0.05, 0.1) is 5.56 Å². The van der Waals surface area contributed by atoms with Gasteiger partial charge in [-0.1, -0.05) is 24.3 Å². The van der Waals surface area contributed by atoms with Gasteiger partial charge in [0.1, 0.15) is 5.82 Å². The van der Waals surface area contributed by atoms with Crippen LogP contribution < -0.4 is 5.73 Å². The Morgan fingerprint density at radius 1 is 1.27 bits per heavy atom. The second kappa shape index (κ2) is 6.18. The summed E-state index contributed by atoms with van der Waals surface area (Å²) in [4.78, 5) is 18.6. The van der Waals surface area contributed by atoms with Crippen LogP contribution in [0.5, 0.6) is 0 Å². The topological polar surface area (TPSA) is 59.2 Å². The van der Waals surface area contributed by atoms with E-state index in [1.165, 1.54) is 11.1 Å². The molecule has 3 rings (SSSR count). The Bertz CT molecular complexity index is 666. The SMILES string of the molecule is Cc1ccccc1C1CCCN(C(=O)c2ccc(N)nc2)C1. The van der Waals surface area contributed by atoms with Crippen molar-refractivity contribution in [1.29, 1.82) is 0 Å². The summed E-state index contributed by atoms with van der Waals surface area (Å²) in [6, 6.07) is 11.9. The Kier molecular flexibility index (Phi) is 4.09. The van der Waals surface area contributed by atoms with Gasteiger partial charge in [0.2, 0.25) is 0 Å². The number of nitrogens with zero attached hydrogens (tertiary/aromatic N) is 2. The molecular formula is C18H21N3O. The van der Waals surface area contributed by atoms with E-state index in [0.717, 1.165) is 25.9 Å². The molecule has 114 valence electrons. The maximum atomic E-state index is 12.6. The number of hydrogen-bond acceptors (Lipinski definition) is 3. The van der Waals surface area contributed by atoms with Crippen LogP contribution in [0.15, 0.2) is 42.6 Å². The summed E-state index contributed by atoms with van der Waals surface area (Å²) >= 11 is 0. The van der Waals surface area contributed by atoms with Crippen LogP contribution in [-0.2, 0) is 0 Å². The zero-order chi connectivity index (χ0) is 15.5. The van der Waals surface area contributed by atoms with Crippen LogP contribution in [0.3, 0.4) is 0 Å². The summed E-state index contributed by atoms with van der Waals surface area (Å²) in [6.45, 7) is 3.72. The monoisotopic (exact) mass is 295 g/mol. The molecule has 0 aliphatic carbocycles. The van der Waals surface area contributed by atoms with Gasteiger partial charge in [-0.05, 0) is 43.0 Å². The lowest BCUT2D eigenvalue weighted by Gasteiger charge is -2.33. The lowest BCUT2D eigenvalue weighted by molar-refractivity contribution is 0.0706. The zero-order valence-corrected chi connectivity index (χ0v) is 12.8. The number of aryl methyl sites for hydroxylation is 1. The fraction of sp³-hybridized carbons (Fsp3) is 0.333. The van der Waals surface area contributed by atoms with Gasteiger partial charge in [0.25, 0.3) is 5.91 Å². The maximum Gasteiger partial charge on any atom is 0.255 e. The number of amides is 1. The van der Waals surface area contributed by atoms with E-state index in [1.54, 1.807) is 18.3 Å². The van der Waals surface area contributed by atoms with Gasteiger partial charge in [-0.3, -0.25) is 4.79 Å². The summed E-state index contributed by atoms with van der Waals surface area (Å²) < 4.78 is 0. The van der Waals surface area contributed by atoms with Crippen molar-refractivity contribution in [2.24, 2.45) is 0 Å². The number of nitrogen functional groups attached to an aromatic ring is 1. The number of carbonyl (C=O) groups is 1. The van der Waals surface area contributed by atoms with Gasteiger partial charge in [-0.25, -0.2) is 4.98 Å². The average molecular weight is 295 g/mol. The highest BCUT2D eigenvalue weighted by Gasteiger charge is 2.26. The summed E-state index contributed by atoms with van der Waals surface area (Å²) in [5.41, 5.74) is 8.85. The van der Waals surface area contributed by atoms with Crippen LogP contribution in [0.1, 0.15) is 40.2 Å². The molecule has 0 bridgehead atoms. The molecule has 2 aromatic rings. The Labute approximate surface area is 131 Å². The molecule has 2 N–H and O–H groups in total. The molecule has 0 saturated carbocycles. The fourth-order valence-electron chi connectivity index (χ4n) is 3.17. The van der Waals surface area contributed by atoms with Crippen molar-refractivity contribution in [1.82, 2.24) is 9.88 Å². The van der Waals surface area contributed by atoms with Gasteiger partial charge in [-0.15, -0.1) is 0 Å². The lowest BCUT2D eigenvalue weighted by atomic mass is 9.88. The molecule has 1 amide bonds. The van der Waals surface area contributed by atoms with E-state index >= 15 is 0 Å². The van der Waals surface area contributed by atoms with Crippen molar-refractivity contribution in [2.45, 2.75) is 25.7 Å². The van der Waals surface area contributed by atoms with E-state index in [0.29, 0.717) is 17.3 Å². The van der Waals surface area contributed by atoms with Crippen LogP contribution in [0.25, 0.3) is 0 Å². The van der Waals surface area contributed by atoms with Crippen molar-refractivity contribution in [2.75, 3.05) is 18.8 Å². The minimum atomic E-state index is 0.0470. The minimum absolute atomic E-state index is 0.0470. The largest absolute Gasteiger partial charge is 0.384 e. The van der Waals surface area contributed by atoms with Gasteiger partial charge in [-0.2, -0.15) is 0 Å². The number of piperidine rings is 1. The molecule has 1 saturated heterocycles. The Morgan fingerprint density at radius 2 is 2.09 bits per heavy atom. The quantitative estimate of drug-likeness (QED) is 0.926. The third kappa shape index (κ3) is 2.96. The molecule has 1 unspecified atom stereocenters. The van der Waals surface area contributed by atoms with Gasteiger partial charge in [0, 0.05) is 25.2 Å². The highest BCUT2D eigenvalue weighted by Crippen LogP contribution is 2.29. The van der Waals surface area contributed by atoms with Gasteiger partial charge in [0.15, 0.2) is 0 Å². The third-order valence-electron chi connectivity index (χ3n) is 4.37. The molecule has 2 heterocycles. The molecule has 1 aromatic carbocycles. The molecule has 4 nitrogen and oxygen atoms in total. The first-order valence-corrected chi connectivity index (χ1v) is 7.71. The molecule has 4 heteroatoms. The molecule has 1 atom stereocenters. The number of likely N-dealkylation sites (tertiary alicyclic amines) is 1. The highest BCUT2D eigenvalue weighted by molar-refractivity contribution is 5.94. The van der Waals surface area contributed by atoms with E-state index in [1.807, 2.05) is 4.90 Å². The molecule has 1 aromatic heterocycles. The van der Waals surface area contributed by atoms with Crippen LogP contribution in [0.4, 0.5) is 5.82 Å². The third-order valence-corrected chi connectivity index (χ3v) is 4.37. The first-order chi connectivity index (χ1) is 10.6. The summed E-state index contributed by atoms with van der Waals surface area (Å²) in [7, 11) is 0.